The highest BCUT2D eigenvalue weighted by molar-refractivity contribution is 7.13. The Morgan fingerprint density at radius 2 is 1.77 bits per heavy atom. The second-order valence-electron chi connectivity index (χ2n) is 16.4. The maximum atomic E-state index is 14.0. The number of rotatable bonds is 17. The number of nitrogens with one attached hydrogen (secondary N) is 4. The van der Waals surface area contributed by atoms with Crippen molar-refractivity contribution in [3.63, 3.8) is 0 Å². The van der Waals surface area contributed by atoms with Crippen molar-refractivity contribution in [1.82, 2.24) is 35.8 Å². The second kappa shape index (κ2) is 21.2. The SMILES string of the molecule is Cc1cccc(/C=N/Nc2cc(N3CCOCC3)nc(OCCNC(=O)CCC(=O)N[C@H](C(=O)N3C[C@H](O)C[C@H]3C(=O)NCc3ccc(-c4scnc4C)cc3)C(C)(C)C)n2)c1. The van der Waals surface area contributed by atoms with Crippen LogP contribution in [0, 0.1) is 19.3 Å². The van der Waals surface area contributed by atoms with Gasteiger partial charge in [0.05, 0.1) is 48.2 Å². The van der Waals surface area contributed by atoms with Crippen molar-refractivity contribution < 1.29 is 33.8 Å². The molecule has 17 nitrogen and oxygen atoms in total. The van der Waals surface area contributed by atoms with E-state index < -0.39 is 41.3 Å². The molecule has 4 aromatic rings. The number of ether oxygens (including phenoxy) is 2. The summed E-state index contributed by atoms with van der Waals surface area (Å²) >= 11 is 1.56. The zero-order valence-corrected chi connectivity index (χ0v) is 36.7. The molecule has 4 amide bonds. The molecule has 0 aliphatic carbocycles. The first-order valence-electron chi connectivity index (χ1n) is 20.8. The number of hydrogen-bond donors (Lipinski definition) is 5. The first-order chi connectivity index (χ1) is 29.7. The number of anilines is 2. The van der Waals surface area contributed by atoms with Crippen LogP contribution in [0.1, 0.15) is 62.4 Å². The van der Waals surface area contributed by atoms with Crippen LogP contribution in [0.15, 0.2) is 65.2 Å². The van der Waals surface area contributed by atoms with Gasteiger partial charge in [-0.05, 0) is 36.0 Å². The van der Waals surface area contributed by atoms with Gasteiger partial charge in [-0.1, -0.05) is 74.9 Å². The number of nitrogens with zero attached hydrogens (tertiary/aromatic N) is 6. The van der Waals surface area contributed by atoms with Gasteiger partial charge in [-0.3, -0.25) is 24.6 Å². The van der Waals surface area contributed by atoms with E-state index in [0.717, 1.165) is 32.8 Å². The largest absolute Gasteiger partial charge is 0.461 e. The average Bonchev–Trinajstić information content (AvgIpc) is 3.87. The monoisotopic (exact) mass is 868 g/mol. The quantitative estimate of drug-likeness (QED) is 0.0586. The number of carbonyl (C=O) groups excluding carboxylic acids is 4. The van der Waals surface area contributed by atoms with Crippen LogP contribution in [-0.4, -0.2) is 119 Å². The summed E-state index contributed by atoms with van der Waals surface area (Å²) in [6.07, 6.45) is 0.560. The van der Waals surface area contributed by atoms with Gasteiger partial charge in [0.25, 0.3) is 0 Å². The molecule has 5 N–H and O–H groups in total. The van der Waals surface area contributed by atoms with Crippen LogP contribution in [0.5, 0.6) is 6.01 Å². The molecule has 0 saturated carbocycles. The molecule has 2 aromatic heterocycles. The number of aliphatic hydroxyl groups is 1. The van der Waals surface area contributed by atoms with Crippen molar-refractivity contribution in [2.75, 3.05) is 56.3 Å². The number of aryl methyl sites for hydroxylation is 2. The van der Waals surface area contributed by atoms with Crippen molar-refractivity contribution in [1.29, 1.82) is 0 Å². The van der Waals surface area contributed by atoms with Gasteiger partial charge in [-0.25, -0.2) is 4.98 Å². The third kappa shape index (κ3) is 12.8. The van der Waals surface area contributed by atoms with Crippen LogP contribution in [0.25, 0.3) is 10.4 Å². The molecule has 62 heavy (non-hydrogen) atoms. The van der Waals surface area contributed by atoms with Crippen LogP contribution in [0.4, 0.5) is 11.6 Å². The van der Waals surface area contributed by atoms with Crippen molar-refractivity contribution in [3.05, 3.63) is 82.5 Å². The third-order valence-corrected chi connectivity index (χ3v) is 11.4. The number of hydrogen-bond acceptors (Lipinski definition) is 14. The highest BCUT2D eigenvalue weighted by Gasteiger charge is 2.44. The fourth-order valence-corrected chi connectivity index (χ4v) is 7.89. The fraction of sp³-hybridized carbons (Fsp3) is 0.455. The number of amides is 4. The lowest BCUT2D eigenvalue weighted by molar-refractivity contribution is -0.144. The Balaban J connectivity index is 0.969. The highest BCUT2D eigenvalue weighted by atomic mass is 32.1. The molecule has 2 saturated heterocycles. The van der Waals surface area contributed by atoms with Gasteiger partial charge >= 0.3 is 6.01 Å². The number of likely N-dealkylation sites (tertiary alicyclic amines) is 1. The minimum absolute atomic E-state index is 0.0466. The van der Waals surface area contributed by atoms with E-state index >= 15 is 0 Å². The Labute approximate surface area is 365 Å². The fourth-order valence-electron chi connectivity index (χ4n) is 7.07. The standard InChI is InChI=1S/C44H56N10O7S/c1-28-7-6-8-31(21-28)25-48-52-35-23-36(53-16-19-60-20-17-53)50-43(49-35)61-18-15-45-37(56)13-14-38(57)51-40(44(3,4)5)42(59)54-26-33(55)22-34(54)41(58)46-24-30-9-11-32(12-10-30)39-29(2)47-27-62-39/h6-12,21,23,25,27,33-34,40,55H,13-20,22,24,26H2,1-5H3,(H,45,56)(H,46,58)(H,51,57)(H,49,50,52)/b48-25+/t33-,34+,40-/m1/s1. The van der Waals surface area contributed by atoms with Crippen LogP contribution in [-0.2, 0) is 30.5 Å². The van der Waals surface area contributed by atoms with Gasteiger partial charge < -0.3 is 40.3 Å². The van der Waals surface area contributed by atoms with Crippen molar-refractivity contribution in [3.8, 4) is 16.5 Å². The summed E-state index contributed by atoms with van der Waals surface area (Å²) in [5, 5.41) is 23.4. The molecule has 0 spiro atoms. The number of morpholine rings is 1. The summed E-state index contributed by atoms with van der Waals surface area (Å²) in [5.74, 6) is -0.680. The molecule has 2 aliphatic heterocycles. The van der Waals surface area contributed by atoms with E-state index in [1.165, 1.54) is 4.90 Å². The Morgan fingerprint density at radius 3 is 2.48 bits per heavy atom. The third-order valence-electron chi connectivity index (χ3n) is 10.4. The number of carbonyl (C=O) groups is 4. The van der Waals surface area contributed by atoms with Gasteiger partial charge in [-0.15, -0.1) is 11.3 Å². The molecule has 2 aromatic carbocycles. The summed E-state index contributed by atoms with van der Waals surface area (Å²) in [7, 11) is 0. The molecular formula is C44H56N10O7S. The number of thiazole rings is 1. The van der Waals surface area contributed by atoms with Gasteiger partial charge in [0, 0.05) is 51.5 Å². The average molecular weight is 869 g/mol. The van der Waals surface area contributed by atoms with Crippen LogP contribution in [0.2, 0.25) is 0 Å². The number of aliphatic hydroxyl groups excluding tert-OH is 1. The van der Waals surface area contributed by atoms with Crippen LogP contribution >= 0.6 is 11.3 Å². The summed E-state index contributed by atoms with van der Waals surface area (Å²) in [5.41, 5.74) is 8.94. The Kier molecular flexibility index (Phi) is 15.6. The van der Waals surface area contributed by atoms with Crippen molar-refractivity contribution in [2.24, 2.45) is 10.5 Å². The highest BCUT2D eigenvalue weighted by Crippen LogP contribution is 2.29. The first kappa shape index (κ1) is 45.5. The number of β-amino-alcohol motifs (C(OH)–C–C–N with tert-alkyl or cyclic N) is 1. The van der Waals surface area contributed by atoms with E-state index in [2.05, 4.69) is 46.3 Å². The minimum Gasteiger partial charge on any atom is -0.461 e. The summed E-state index contributed by atoms with van der Waals surface area (Å²) in [6.45, 7) is 12.2. The van der Waals surface area contributed by atoms with E-state index in [-0.39, 0.29) is 57.4 Å². The van der Waals surface area contributed by atoms with Crippen molar-refractivity contribution >= 4 is 52.8 Å². The lowest BCUT2D eigenvalue weighted by Crippen LogP contribution is -2.57. The molecule has 18 heteroatoms. The molecule has 330 valence electrons. The Hall–Kier alpha value is -5.98. The van der Waals surface area contributed by atoms with E-state index in [1.54, 1.807) is 49.9 Å². The summed E-state index contributed by atoms with van der Waals surface area (Å²) < 4.78 is 11.3. The summed E-state index contributed by atoms with van der Waals surface area (Å²) in [6, 6.07) is 15.7. The second-order valence-corrected chi connectivity index (χ2v) is 17.3. The topological polar surface area (TPSA) is 213 Å². The molecule has 4 heterocycles. The lowest BCUT2D eigenvalue weighted by atomic mass is 9.85. The molecule has 2 fully saturated rings. The van der Waals surface area contributed by atoms with E-state index in [9.17, 15) is 24.3 Å². The molecular weight excluding hydrogens is 813 g/mol. The molecule has 6 rings (SSSR count). The van der Waals surface area contributed by atoms with E-state index in [4.69, 9.17) is 9.47 Å². The Bertz CT molecular complexity index is 2200. The van der Waals surface area contributed by atoms with Gasteiger partial charge in [0.15, 0.2) is 5.82 Å². The predicted octanol–water partition coefficient (Wildman–Crippen LogP) is 3.58. The lowest BCUT2D eigenvalue weighted by Gasteiger charge is -2.35. The van der Waals surface area contributed by atoms with E-state index in [1.807, 2.05) is 62.4 Å². The van der Waals surface area contributed by atoms with Crippen molar-refractivity contribution in [2.45, 2.75) is 78.6 Å². The number of hydrazone groups is 1. The molecule has 0 bridgehead atoms. The van der Waals surface area contributed by atoms with Crippen LogP contribution in [0.3, 0.4) is 0 Å². The smallest absolute Gasteiger partial charge is 0.320 e. The maximum absolute atomic E-state index is 14.0. The zero-order valence-electron chi connectivity index (χ0n) is 35.8. The van der Waals surface area contributed by atoms with Crippen LogP contribution < -0.4 is 31.0 Å². The molecule has 0 radical (unpaired) electrons. The number of aromatic nitrogens is 3. The zero-order chi connectivity index (χ0) is 44.2. The molecule has 0 unspecified atom stereocenters. The molecule has 2 aliphatic rings. The van der Waals surface area contributed by atoms with Gasteiger partial charge in [0.1, 0.15) is 24.5 Å². The normalized spacial score (nSPS) is 17.1. The molecule has 3 atom stereocenters. The number of benzene rings is 2. The predicted molar refractivity (Wildman–Crippen MR) is 237 cm³/mol. The minimum atomic E-state index is -1.02. The summed E-state index contributed by atoms with van der Waals surface area (Å²) in [4.78, 5) is 71.3. The maximum Gasteiger partial charge on any atom is 0.320 e. The van der Waals surface area contributed by atoms with Gasteiger partial charge in [-0.2, -0.15) is 15.1 Å². The first-order valence-corrected chi connectivity index (χ1v) is 21.6. The van der Waals surface area contributed by atoms with Gasteiger partial charge in [0.2, 0.25) is 23.6 Å². The van der Waals surface area contributed by atoms with E-state index in [0.29, 0.717) is 37.9 Å². The Morgan fingerprint density at radius 1 is 1.02 bits per heavy atom.